The van der Waals surface area contributed by atoms with Gasteiger partial charge in [0, 0.05) is 6.42 Å². The van der Waals surface area contributed by atoms with Crippen LogP contribution in [0.4, 0.5) is 9.59 Å². The van der Waals surface area contributed by atoms with Crippen LogP contribution in [-0.4, -0.2) is 71.8 Å². The monoisotopic (exact) mass is 446 g/mol. The van der Waals surface area contributed by atoms with Gasteiger partial charge in [-0.15, -0.1) is 0 Å². The highest BCUT2D eigenvalue weighted by Gasteiger charge is 2.36. The lowest BCUT2D eigenvalue weighted by molar-refractivity contribution is -0.158. The van der Waals surface area contributed by atoms with Crippen molar-refractivity contribution >= 4 is 24.1 Å². The Bertz CT molecular complexity index is 652. The van der Waals surface area contributed by atoms with Gasteiger partial charge < -0.3 is 34.7 Å². The third-order valence-electron chi connectivity index (χ3n) is 3.95. The van der Waals surface area contributed by atoms with Gasteiger partial charge in [-0.25, -0.2) is 19.2 Å². The average Bonchev–Trinajstić information content (AvgIpc) is 2.53. The fourth-order valence-electron chi connectivity index (χ4n) is 2.93. The normalized spacial score (nSPS) is 21.5. The second-order valence-corrected chi connectivity index (χ2v) is 9.32. The first-order valence-corrected chi connectivity index (χ1v) is 10.1. The number of carboxylic acid groups (broad SMARTS) is 1. The number of carbonyl (C=O) groups is 4. The van der Waals surface area contributed by atoms with E-state index in [-0.39, 0.29) is 6.42 Å². The minimum Gasteiger partial charge on any atom is -0.480 e. The quantitative estimate of drug-likeness (QED) is 0.394. The molecular formula is C20H34N2O9. The number of alkyl carbamates (subject to hydrolysis) is 2. The summed E-state index contributed by atoms with van der Waals surface area (Å²) in [6.07, 6.45) is -0.760. The van der Waals surface area contributed by atoms with Crippen molar-refractivity contribution in [1.82, 2.24) is 10.6 Å². The maximum atomic E-state index is 12.3. The van der Waals surface area contributed by atoms with E-state index in [4.69, 9.17) is 24.1 Å². The average molecular weight is 446 g/mol. The Morgan fingerprint density at radius 2 is 1.35 bits per heavy atom. The van der Waals surface area contributed by atoms with E-state index in [1.165, 1.54) is 0 Å². The molecule has 0 unspecified atom stereocenters. The van der Waals surface area contributed by atoms with E-state index in [1.54, 1.807) is 41.5 Å². The van der Waals surface area contributed by atoms with E-state index < -0.39 is 66.7 Å². The van der Waals surface area contributed by atoms with Gasteiger partial charge >= 0.3 is 24.1 Å². The van der Waals surface area contributed by atoms with Gasteiger partial charge in [0.25, 0.3) is 0 Å². The highest BCUT2D eigenvalue weighted by atomic mass is 16.6. The Balaban J connectivity index is 2.74. The van der Waals surface area contributed by atoms with Crippen LogP contribution in [0.25, 0.3) is 0 Å². The summed E-state index contributed by atoms with van der Waals surface area (Å²) in [6.45, 7) is 9.31. The van der Waals surface area contributed by atoms with Crippen molar-refractivity contribution < 1.29 is 43.2 Å². The summed E-state index contributed by atoms with van der Waals surface area (Å²) in [6, 6.07) is -1.03. The van der Waals surface area contributed by atoms with Gasteiger partial charge in [0.2, 0.25) is 0 Å². The molecule has 3 atom stereocenters. The van der Waals surface area contributed by atoms with E-state index in [0.29, 0.717) is 12.8 Å². The molecule has 1 aliphatic carbocycles. The summed E-state index contributed by atoms with van der Waals surface area (Å²) in [5.41, 5.74) is -1.39. The predicted molar refractivity (Wildman–Crippen MR) is 109 cm³/mol. The first kappa shape index (κ1) is 26.5. The molecule has 1 rings (SSSR count). The summed E-state index contributed by atoms with van der Waals surface area (Å²) < 4.78 is 20.6. The van der Waals surface area contributed by atoms with Crippen molar-refractivity contribution in [1.29, 1.82) is 0 Å². The van der Waals surface area contributed by atoms with Gasteiger partial charge in [0.15, 0.2) is 0 Å². The number of hydrogen-bond acceptors (Lipinski definition) is 8. The minimum atomic E-state index is -1.19. The van der Waals surface area contributed by atoms with Gasteiger partial charge in [0.05, 0.1) is 12.1 Å². The molecule has 0 saturated heterocycles. The first-order valence-electron chi connectivity index (χ1n) is 10.1. The lowest BCUT2D eigenvalue weighted by Gasteiger charge is -2.37. The van der Waals surface area contributed by atoms with Crippen molar-refractivity contribution in [2.45, 2.75) is 90.2 Å². The van der Waals surface area contributed by atoms with Gasteiger partial charge in [-0.1, -0.05) is 0 Å². The van der Waals surface area contributed by atoms with Crippen molar-refractivity contribution in [3.05, 3.63) is 0 Å². The second kappa shape index (κ2) is 11.2. The maximum Gasteiger partial charge on any atom is 0.407 e. The molecule has 11 nitrogen and oxygen atoms in total. The van der Waals surface area contributed by atoms with E-state index in [0.717, 1.165) is 0 Å². The number of aliphatic carboxylic acids is 1. The molecule has 1 fully saturated rings. The van der Waals surface area contributed by atoms with Crippen LogP contribution in [0.15, 0.2) is 0 Å². The fourth-order valence-corrected chi connectivity index (χ4v) is 2.93. The zero-order valence-corrected chi connectivity index (χ0v) is 19.0. The summed E-state index contributed by atoms with van der Waals surface area (Å²) in [7, 11) is 0. The second-order valence-electron chi connectivity index (χ2n) is 9.32. The molecule has 1 aliphatic rings. The van der Waals surface area contributed by atoms with Crippen LogP contribution in [-0.2, 0) is 28.5 Å². The van der Waals surface area contributed by atoms with Crippen LogP contribution in [0.5, 0.6) is 0 Å². The number of esters is 1. The molecule has 2 amide bonds. The molecule has 3 N–H and O–H groups in total. The Kier molecular flexibility index (Phi) is 9.54. The smallest absolute Gasteiger partial charge is 0.407 e. The number of amides is 2. The van der Waals surface area contributed by atoms with E-state index in [1.807, 2.05) is 0 Å². The van der Waals surface area contributed by atoms with Crippen LogP contribution in [0, 0.1) is 0 Å². The Morgan fingerprint density at radius 1 is 0.839 bits per heavy atom. The zero-order chi connectivity index (χ0) is 23.8. The van der Waals surface area contributed by atoms with Crippen molar-refractivity contribution in [3.63, 3.8) is 0 Å². The highest BCUT2D eigenvalue weighted by Crippen LogP contribution is 2.23. The van der Waals surface area contributed by atoms with Crippen molar-refractivity contribution in [2.75, 3.05) is 13.2 Å². The van der Waals surface area contributed by atoms with E-state index >= 15 is 0 Å². The topological polar surface area (TPSA) is 149 Å². The molecule has 0 aromatic rings. The third-order valence-corrected chi connectivity index (χ3v) is 3.95. The Labute approximate surface area is 182 Å². The Morgan fingerprint density at radius 3 is 1.84 bits per heavy atom. The van der Waals surface area contributed by atoms with E-state index in [9.17, 15) is 19.2 Å². The number of carboxylic acids is 1. The lowest BCUT2D eigenvalue weighted by atomic mass is 9.88. The molecule has 0 spiro atoms. The van der Waals surface area contributed by atoms with Crippen LogP contribution in [0.3, 0.4) is 0 Å². The molecule has 0 aliphatic heterocycles. The van der Waals surface area contributed by atoms with Gasteiger partial charge in [-0.2, -0.15) is 0 Å². The van der Waals surface area contributed by atoms with Gasteiger partial charge in [-0.3, -0.25) is 0 Å². The van der Waals surface area contributed by atoms with Crippen LogP contribution in [0.2, 0.25) is 0 Å². The molecule has 0 aromatic carbocycles. The number of hydrogen-bond donors (Lipinski definition) is 3. The number of rotatable bonds is 7. The highest BCUT2D eigenvalue weighted by molar-refractivity contribution is 5.72. The number of carbonyl (C=O) groups excluding carboxylic acids is 3. The first-order chi connectivity index (χ1) is 14.1. The molecule has 0 radical (unpaired) electrons. The van der Waals surface area contributed by atoms with Crippen LogP contribution >= 0.6 is 0 Å². The predicted octanol–water partition coefficient (Wildman–Crippen LogP) is 1.97. The van der Waals surface area contributed by atoms with Crippen molar-refractivity contribution in [3.8, 4) is 0 Å². The maximum absolute atomic E-state index is 12.3. The minimum absolute atomic E-state index is 0.227. The largest absolute Gasteiger partial charge is 0.480 e. The standard InChI is InChI=1S/C20H34N2O9/c1-19(2,3)30-17(26)21-13-8-7-12(29-16(25)11-28-10-15(23)24)9-14(13)22-18(27)31-20(4,5)6/h12-14H,7-11H2,1-6H3,(H,21,26)(H,22,27)(H,23,24)/t12-,13+,14+/m0/s1. The SMILES string of the molecule is CC(C)(C)OC(=O)N[C@@H]1CC[C@H](OC(=O)COCC(=O)O)C[C@H]1NC(=O)OC(C)(C)C. The van der Waals surface area contributed by atoms with Gasteiger partial charge in [0.1, 0.15) is 30.5 Å². The number of ether oxygens (including phenoxy) is 4. The summed E-state index contributed by atoms with van der Waals surface area (Å²) in [4.78, 5) is 46.8. The van der Waals surface area contributed by atoms with E-state index in [2.05, 4.69) is 10.6 Å². The molecular weight excluding hydrogens is 412 g/mol. The molecule has 11 heteroatoms. The molecule has 1 saturated carbocycles. The molecule has 0 aromatic heterocycles. The molecule has 0 bridgehead atoms. The molecule has 31 heavy (non-hydrogen) atoms. The fraction of sp³-hybridized carbons (Fsp3) is 0.800. The Hall–Kier alpha value is -2.56. The summed E-state index contributed by atoms with van der Waals surface area (Å²) >= 11 is 0. The third kappa shape index (κ3) is 12.0. The lowest BCUT2D eigenvalue weighted by Crippen LogP contribution is -2.57. The van der Waals surface area contributed by atoms with Crippen molar-refractivity contribution in [2.24, 2.45) is 0 Å². The summed E-state index contributed by atoms with van der Waals surface area (Å²) in [5.74, 6) is -1.90. The van der Waals surface area contributed by atoms with Crippen LogP contribution in [0.1, 0.15) is 60.8 Å². The molecule has 178 valence electrons. The zero-order valence-electron chi connectivity index (χ0n) is 19.0. The molecule has 0 heterocycles. The summed E-state index contributed by atoms with van der Waals surface area (Å²) in [5, 5.41) is 14.0. The van der Waals surface area contributed by atoms with Crippen LogP contribution < -0.4 is 10.6 Å². The number of nitrogens with one attached hydrogen (secondary N) is 2. The van der Waals surface area contributed by atoms with Gasteiger partial charge in [-0.05, 0) is 54.4 Å².